The van der Waals surface area contributed by atoms with Gasteiger partial charge < -0.3 is 14.2 Å². The Balaban J connectivity index is 1.89. The Morgan fingerprint density at radius 3 is 2.88 bits per heavy atom. The van der Waals surface area contributed by atoms with Crippen molar-refractivity contribution in [2.75, 3.05) is 13.9 Å². The van der Waals surface area contributed by atoms with E-state index in [0.29, 0.717) is 18.6 Å². The molecule has 0 spiro atoms. The maximum absolute atomic E-state index is 14.3. The smallest absolute Gasteiger partial charge is 0.189 e. The van der Waals surface area contributed by atoms with Gasteiger partial charge in [-0.15, -0.1) is 6.58 Å². The maximum Gasteiger partial charge on any atom is 0.189 e. The number of hydrogen-bond donors (Lipinski definition) is 0. The molecular weight excluding hydrogens is 342 g/mol. The van der Waals surface area contributed by atoms with Crippen molar-refractivity contribution < 1.29 is 27.8 Å². The molecule has 26 heavy (non-hydrogen) atoms. The molecule has 1 saturated heterocycles. The number of hydrogen-bond acceptors (Lipinski definition) is 4. The molecule has 0 aromatic heterocycles. The minimum Gasteiger partial charge on any atom is -0.494 e. The fraction of sp³-hybridized carbons (Fsp3) is 0.450. The molecule has 140 valence electrons. The van der Waals surface area contributed by atoms with E-state index in [1.807, 2.05) is 6.92 Å². The van der Waals surface area contributed by atoms with E-state index in [4.69, 9.17) is 14.2 Å². The Labute approximate surface area is 151 Å². The molecule has 0 saturated carbocycles. The molecule has 6 heteroatoms. The van der Waals surface area contributed by atoms with Crippen LogP contribution >= 0.6 is 0 Å². The van der Waals surface area contributed by atoms with Gasteiger partial charge in [-0.25, -0.2) is 8.78 Å². The Hall–Kier alpha value is -2.21. The Bertz CT molecular complexity index is 758. The van der Waals surface area contributed by atoms with Crippen LogP contribution in [0.15, 0.2) is 36.6 Å². The second kappa shape index (κ2) is 7.19. The highest BCUT2D eigenvalue weighted by atomic mass is 19.1. The van der Waals surface area contributed by atoms with Crippen molar-refractivity contribution in [3.63, 3.8) is 0 Å². The number of benzene rings is 1. The highest BCUT2D eigenvalue weighted by Gasteiger charge is 2.51. The Morgan fingerprint density at radius 2 is 2.19 bits per heavy atom. The summed E-state index contributed by atoms with van der Waals surface area (Å²) in [4.78, 5) is 12.2. The third-order valence-electron chi connectivity index (χ3n) is 5.27. The van der Waals surface area contributed by atoms with Crippen molar-refractivity contribution >= 4 is 5.78 Å². The van der Waals surface area contributed by atoms with Crippen LogP contribution in [0.25, 0.3) is 0 Å². The van der Waals surface area contributed by atoms with Gasteiger partial charge in [0.1, 0.15) is 17.2 Å². The molecule has 0 bridgehead atoms. The molecular formula is C20H22F2O4. The number of allylic oxidation sites excluding steroid dienone is 2. The topological polar surface area (TPSA) is 44.8 Å². The van der Waals surface area contributed by atoms with Crippen LogP contribution in [0.4, 0.5) is 8.78 Å². The van der Waals surface area contributed by atoms with E-state index in [2.05, 4.69) is 6.58 Å². The fourth-order valence-corrected chi connectivity index (χ4v) is 3.79. The summed E-state index contributed by atoms with van der Waals surface area (Å²) in [6.07, 6.45) is 4.39. The van der Waals surface area contributed by atoms with Gasteiger partial charge in [-0.2, -0.15) is 0 Å². The van der Waals surface area contributed by atoms with Gasteiger partial charge in [-0.3, -0.25) is 4.79 Å². The van der Waals surface area contributed by atoms with E-state index >= 15 is 0 Å². The van der Waals surface area contributed by atoms with Crippen molar-refractivity contribution in [3.05, 3.63) is 53.8 Å². The molecule has 0 N–H and O–H groups in total. The van der Waals surface area contributed by atoms with Gasteiger partial charge in [0.15, 0.2) is 24.1 Å². The molecule has 0 amide bonds. The van der Waals surface area contributed by atoms with Gasteiger partial charge in [-0.1, -0.05) is 13.0 Å². The molecule has 4 nitrogen and oxygen atoms in total. The summed E-state index contributed by atoms with van der Waals surface area (Å²) in [7, 11) is 1.29. The van der Waals surface area contributed by atoms with Crippen LogP contribution in [0.5, 0.6) is 5.75 Å². The van der Waals surface area contributed by atoms with E-state index < -0.39 is 17.2 Å². The molecule has 3 rings (SSSR count). The van der Waals surface area contributed by atoms with E-state index in [-0.39, 0.29) is 42.1 Å². The van der Waals surface area contributed by atoms with E-state index in [1.54, 1.807) is 6.08 Å². The maximum atomic E-state index is 14.3. The van der Waals surface area contributed by atoms with Crippen LogP contribution in [0.2, 0.25) is 0 Å². The normalized spacial score (nSPS) is 25.9. The number of halogens is 2. The van der Waals surface area contributed by atoms with Crippen molar-refractivity contribution in [1.29, 1.82) is 0 Å². The van der Waals surface area contributed by atoms with Gasteiger partial charge in [-0.05, 0) is 36.8 Å². The minimum absolute atomic E-state index is 0.0186. The summed E-state index contributed by atoms with van der Waals surface area (Å²) in [6, 6.07) is 2.19. The number of ether oxygens (including phenoxy) is 3. The summed E-state index contributed by atoms with van der Waals surface area (Å²) < 4.78 is 44.6. The van der Waals surface area contributed by atoms with Crippen molar-refractivity contribution in [2.24, 2.45) is 11.8 Å². The van der Waals surface area contributed by atoms with Gasteiger partial charge in [0.05, 0.1) is 7.11 Å². The monoisotopic (exact) mass is 364 g/mol. The molecule has 1 heterocycles. The lowest BCUT2D eigenvalue weighted by molar-refractivity contribution is -0.123. The molecule has 1 aromatic carbocycles. The molecule has 1 fully saturated rings. The first kappa shape index (κ1) is 18.6. The predicted octanol–water partition coefficient (Wildman–Crippen LogP) is 3.94. The van der Waals surface area contributed by atoms with Crippen molar-refractivity contribution in [2.45, 2.75) is 31.8 Å². The second-order valence-electron chi connectivity index (χ2n) is 6.82. The zero-order valence-electron chi connectivity index (χ0n) is 14.9. The molecule has 3 atom stereocenters. The van der Waals surface area contributed by atoms with Crippen LogP contribution in [-0.4, -0.2) is 25.3 Å². The summed E-state index contributed by atoms with van der Waals surface area (Å²) >= 11 is 0. The highest BCUT2D eigenvalue weighted by molar-refractivity contribution is 5.93. The third-order valence-corrected chi connectivity index (χ3v) is 5.27. The zero-order valence-corrected chi connectivity index (χ0v) is 14.9. The highest BCUT2D eigenvalue weighted by Crippen LogP contribution is 2.46. The largest absolute Gasteiger partial charge is 0.494 e. The molecule has 1 aromatic rings. The van der Waals surface area contributed by atoms with Crippen LogP contribution in [-0.2, 0) is 20.7 Å². The molecule has 1 aliphatic heterocycles. The summed E-state index contributed by atoms with van der Waals surface area (Å²) in [5.74, 6) is -1.30. The number of ketones is 1. The quantitative estimate of drug-likeness (QED) is 0.717. The standard InChI is InChI=1S/C20H22F2O4/c1-4-5-13-10-20(19(9-17(13)23)25-11-26-20)12(2)6-14-7-16(22)18(24-3)8-15(14)21/h4,7-9,12-13H,1,5-6,10-11H2,2-3H3/t12?,13-,20+/m0/s1. The van der Waals surface area contributed by atoms with Gasteiger partial charge in [0.25, 0.3) is 0 Å². The second-order valence-corrected chi connectivity index (χ2v) is 6.82. The summed E-state index contributed by atoms with van der Waals surface area (Å²) in [5.41, 5.74) is -0.582. The average molecular weight is 364 g/mol. The number of carbonyl (C=O) groups excluding carboxylic acids is 1. The van der Waals surface area contributed by atoms with Crippen molar-refractivity contribution in [1.82, 2.24) is 0 Å². The van der Waals surface area contributed by atoms with Crippen molar-refractivity contribution in [3.8, 4) is 5.75 Å². The lowest BCUT2D eigenvalue weighted by Gasteiger charge is -2.38. The SMILES string of the molecule is C=CC[C@H]1C[C@]2(C(C)Cc3cc(F)c(OC)cc3F)OCOC2=CC1=O. The number of fused-ring (bicyclic) bond motifs is 1. The van der Waals surface area contributed by atoms with E-state index in [0.717, 1.165) is 12.1 Å². The zero-order chi connectivity index (χ0) is 18.9. The summed E-state index contributed by atoms with van der Waals surface area (Å²) in [5, 5.41) is 0. The number of rotatable bonds is 6. The van der Waals surface area contributed by atoms with Crippen LogP contribution in [0.3, 0.4) is 0 Å². The minimum atomic E-state index is -0.815. The first-order valence-corrected chi connectivity index (χ1v) is 8.57. The lowest BCUT2D eigenvalue weighted by atomic mass is 9.71. The first-order valence-electron chi connectivity index (χ1n) is 8.57. The molecule has 0 radical (unpaired) electrons. The average Bonchev–Trinajstić information content (AvgIpc) is 3.02. The van der Waals surface area contributed by atoms with Crippen LogP contribution in [0, 0.1) is 23.5 Å². The van der Waals surface area contributed by atoms with Gasteiger partial charge in [0, 0.05) is 18.1 Å². The number of methoxy groups -OCH3 is 1. The molecule has 2 aliphatic rings. The summed E-state index contributed by atoms with van der Waals surface area (Å²) in [6.45, 7) is 5.64. The lowest BCUT2D eigenvalue weighted by Crippen LogP contribution is -2.45. The number of carbonyl (C=O) groups is 1. The van der Waals surface area contributed by atoms with Crippen LogP contribution < -0.4 is 4.74 Å². The fourth-order valence-electron chi connectivity index (χ4n) is 3.79. The van der Waals surface area contributed by atoms with E-state index in [9.17, 15) is 13.6 Å². The van der Waals surface area contributed by atoms with E-state index in [1.165, 1.54) is 13.2 Å². The predicted molar refractivity (Wildman–Crippen MR) is 91.6 cm³/mol. The molecule has 1 unspecified atom stereocenters. The first-order chi connectivity index (χ1) is 12.4. The van der Waals surface area contributed by atoms with Crippen LogP contribution in [0.1, 0.15) is 25.3 Å². The van der Waals surface area contributed by atoms with Gasteiger partial charge >= 0.3 is 0 Å². The Kier molecular flexibility index (Phi) is 5.14. The Morgan fingerprint density at radius 1 is 1.42 bits per heavy atom. The van der Waals surface area contributed by atoms with Gasteiger partial charge in [0.2, 0.25) is 0 Å². The third kappa shape index (κ3) is 3.14. The molecule has 1 aliphatic carbocycles.